The molecule has 112 valence electrons. The quantitative estimate of drug-likeness (QED) is 0.842. The Morgan fingerprint density at radius 3 is 2.50 bits per heavy atom. The third-order valence-electron chi connectivity index (χ3n) is 3.19. The van der Waals surface area contributed by atoms with E-state index in [1.54, 1.807) is 14.0 Å². The molecule has 0 fully saturated rings. The molecule has 0 amide bonds. The van der Waals surface area contributed by atoms with E-state index in [0.717, 1.165) is 11.1 Å². The number of methoxy groups -OCH3 is 1. The molecule has 0 aliphatic carbocycles. The normalized spacial score (nSPS) is 12.9. The minimum absolute atomic E-state index is 0.0185. The highest BCUT2D eigenvalue weighted by Gasteiger charge is 2.20. The van der Waals surface area contributed by atoms with Crippen LogP contribution >= 0.6 is 0 Å². The topological polar surface area (TPSA) is 61.5 Å². The molecule has 4 heteroatoms. The SMILES string of the molecule is CCOC(=O)CC(N)c1cc(C(C)(C)C)ccc1OC. The fourth-order valence-electron chi connectivity index (χ4n) is 2.00. The maximum Gasteiger partial charge on any atom is 0.307 e. The Morgan fingerprint density at radius 2 is 2.00 bits per heavy atom. The van der Waals surface area contributed by atoms with Crippen molar-refractivity contribution in [2.24, 2.45) is 5.73 Å². The Balaban J connectivity index is 3.04. The van der Waals surface area contributed by atoms with Gasteiger partial charge in [0.25, 0.3) is 0 Å². The lowest BCUT2D eigenvalue weighted by molar-refractivity contribution is -0.143. The molecule has 1 atom stereocenters. The molecule has 0 spiro atoms. The first kappa shape index (κ1) is 16.5. The first-order valence-corrected chi connectivity index (χ1v) is 6.89. The van der Waals surface area contributed by atoms with Crippen LogP contribution in [0.2, 0.25) is 0 Å². The molecule has 4 nitrogen and oxygen atoms in total. The molecule has 0 bridgehead atoms. The summed E-state index contributed by atoms with van der Waals surface area (Å²) in [6.07, 6.45) is 0.151. The highest BCUT2D eigenvalue weighted by molar-refractivity contribution is 5.70. The Morgan fingerprint density at radius 1 is 1.35 bits per heavy atom. The molecular formula is C16H25NO3. The van der Waals surface area contributed by atoms with E-state index in [4.69, 9.17) is 15.2 Å². The average molecular weight is 279 g/mol. The highest BCUT2D eigenvalue weighted by Crippen LogP contribution is 2.31. The van der Waals surface area contributed by atoms with Crippen LogP contribution in [0.5, 0.6) is 5.75 Å². The van der Waals surface area contributed by atoms with Gasteiger partial charge in [0.2, 0.25) is 0 Å². The van der Waals surface area contributed by atoms with E-state index in [9.17, 15) is 4.79 Å². The summed E-state index contributed by atoms with van der Waals surface area (Å²) in [6.45, 7) is 8.55. The van der Waals surface area contributed by atoms with Crippen LogP contribution in [0.25, 0.3) is 0 Å². The number of hydrogen-bond acceptors (Lipinski definition) is 4. The summed E-state index contributed by atoms with van der Waals surface area (Å²) in [7, 11) is 1.60. The molecule has 0 aliphatic heterocycles. The summed E-state index contributed by atoms with van der Waals surface area (Å²) in [5, 5.41) is 0. The monoisotopic (exact) mass is 279 g/mol. The van der Waals surface area contributed by atoms with E-state index in [2.05, 4.69) is 20.8 Å². The maximum atomic E-state index is 11.6. The van der Waals surface area contributed by atoms with Crippen molar-refractivity contribution >= 4 is 5.97 Å². The third kappa shape index (κ3) is 4.23. The third-order valence-corrected chi connectivity index (χ3v) is 3.19. The number of esters is 1. The molecular weight excluding hydrogens is 254 g/mol. The van der Waals surface area contributed by atoms with Gasteiger partial charge < -0.3 is 15.2 Å². The van der Waals surface area contributed by atoms with Gasteiger partial charge in [-0.3, -0.25) is 4.79 Å². The van der Waals surface area contributed by atoms with E-state index < -0.39 is 6.04 Å². The van der Waals surface area contributed by atoms with Crippen LogP contribution in [-0.4, -0.2) is 19.7 Å². The standard InChI is InChI=1S/C16H25NO3/c1-6-20-15(18)10-13(17)12-9-11(16(2,3)4)7-8-14(12)19-5/h7-9,13H,6,10,17H2,1-5H3. The zero-order chi connectivity index (χ0) is 15.3. The molecule has 0 aromatic heterocycles. The number of nitrogens with two attached hydrogens (primary N) is 1. The van der Waals surface area contributed by atoms with Crippen LogP contribution in [0.3, 0.4) is 0 Å². The highest BCUT2D eigenvalue weighted by atomic mass is 16.5. The van der Waals surface area contributed by atoms with Crippen molar-refractivity contribution in [3.63, 3.8) is 0 Å². The lowest BCUT2D eigenvalue weighted by Crippen LogP contribution is -2.19. The molecule has 1 rings (SSSR count). The summed E-state index contributed by atoms with van der Waals surface area (Å²) >= 11 is 0. The molecule has 1 unspecified atom stereocenters. The largest absolute Gasteiger partial charge is 0.496 e. The second-order valence-corrected chi connectivity index (χ2v) is 5.82. The molecule has 0 saturated carbocycles. The molecule has 1 aromatic rings. The Bertz CT molecular complexity index is 463. The minimum Gasteiger partial charge on any atom is -0.496 e. The summed E-state index contributed by atoms with van der Waals surface area (Å²) in [5.74, 6) is 0.415. The number of rotatable bonds is 5. The molecule has 0 saturated heterocycles. The Kier molecular flexibility index (Phi) is 5.57. The smallest absolute Gasteiger partial charge is 0.307 e. The number of hydrogen-bond donors (Lipinski definition) is 1. The average Bonchev–Trinajstić information content (AvgIpc) is 2.37. The van der Waals surface area contributed by atoms with Gasteiger partial charge in [-0.15, -0.1) is 0 Å². The van der Waals surface area contributed by atoms with Crippen LogP contribution in [-0.2, 0) is 14.9 Å². The molecule has 1 aromatic carbocycles. The lowest BCUT2D eigenvalue weighted by Gasteiger charge is -2.23. The predicted molar refractivity (Wildman–Crippen MR) is 79.9 cm³/mol. The second kappa shape index (κ2) is 6.75. The summed E-state index contributed by atoms with van der Waals surface area (Å²) in [4.78, 5) is 11.6. The van der Waals surface area contributed by atoms with Gasteiger partial charge in [-0.05, 0) is 30.0 Å². The van der Waals surface area contributed by atoms with E-state index in [-0.39, 0.29) is 17.8 Å². The van der Waals surface area contributed by atoms with Crippen molar-refractivity contribution in [2.45, 2.75) is 45.6 Å². The zero-order valence-corrected chi connectivity index (χ0v) is 13.0. The van der Waals surface area contributed by atoms with Crippen molar-refractivity contribution in [1.29, 1.82) is 0 Å². The van der Waals surface area contributed by atoms with Gasteiger partial charge in [-0.25, -0.2) is 0 Å². The van der Waals surface area contributed by atoms with Crippen molar-refractivity contribution in [3.05, 3.63) is 29.3 Å². The van der Waals surface area contributed by atoms with Crippen molar-refractivity contribution < 1.29 is 14.3 Å². The van der Waals surface area contributed by atoms with E-state index >= 15 is 0 Å². The maximum absolute atomic E-state index is 11.6. The van der Waals surface area contributed by atoms with E-state index in [0.29, 0.717) is 12.4 Å². The van der Waals surface area contributed by atoms with Gasteiger partial charge in [0, 0.05) is 11.6 Å². The number of benzene rings is 1. The van der Waals surface area contributed by atoms with Gasteiger partial charge in [0.05, 0.1) is 20.1 Å². The van der Waals surface area contributed by atoms with Crippen LogP contribution in [0.1, 0.15) is 51.3 Å². The van der Waals surface area contributed by atoms with Gasteiger partial charge in [0.1, 0.15) is 5.75 Å². The van der Waals surface area contributed by atoms with Crippen LogP contribution in [0.4, 0.5) is 0 Å². The lowest BCUT2D eigenvalue weighted by atomic mass is 9.85. The molecule has 0 heterocycles. The molecule has 0 aliphatic rings. The fourth-order valence-corrected chi connectivity index (χ4v) is 2.00. The number of carbonyl (C=O) groups excluding carboxylic acids is 1. The molecule has 20 heavy (non-hydrogen) atoms. The first-order chi connectivity index (χ1) is 9.29. The molecule has 2 N–H and O–H groups in total. The Hall–Kier alpha value is -1.55. The van der Waals surface area contributed by atoms with E-state index in [1.165, 1.54) is 0 Å². The zero-order valence-electron chi connectivity index (χ0n) is 13.0. The number of ether oxygens (including phenoxy) is 2. The molecule has 0 radical (unpaired) electrons. The van der Waals surface area contributed by atoms with Gasteiger partial charge in [-0.1, -0.05) is 26.8 Å². The summed E-state index contributed by atoms with van der Waals surface area (Å²) < 4.78 is 10.3. The predicted octanol–water partition coefficient (Wildman–Crippen LogP) is 2.95. The summed E-state index contributed by atoms with van der Waals surface area (Å²) in [6, 6.07) is 5.52. The van der Waals surface area contributed by atoms with Crippen LogP contribution < -0.4 is 10.5 Å². The number of carbonyl (C=O) groups is 1. The van der Waals surface area contributed by atoms with Crippen LogP contribution in [0, 0.1) is 0 Å². The van der Waals surface area contributed by atoms with Crippen molar-refractivity contribution in [1.82, 2.24) is 0 Å². The van der Waals surface area contributed by atoms with Crippen molar-refractivity contribution in [3.8, 4) is 5.75 Å². The summed E-state index contributed by atoms with van der Waals surface area (Å²) in [5.41, 5.74) is 8.15. The van der Waals surface area contributed by atoms with Gasteiger partial charge >= 0.3 is 5.97 Å². The van der Waals surface area contributed by atoms with Crippen molar-refractivity contribution in [2.75, 3.05) is 13.7 Å². The van der Waals surface area contributed by atoms with Gasteiger partial charge in [-0.2, -0.15) is 0 Å². The van der Waals surface area contributed by atoms with Crippen LogP contribution in [0.15, 0.2) is 18.2 Å². The van der Waals surface area contributed by atoms with E-state index in [1.807, 2.05) is 18.2 Å². The first-order valence-electron chi connectivity index (χ1n) is 6.89. The fraction of sp³-hybridized carbons (Fsp3) is 0.562. The minimum atomic E-state index is -0.425. The second-order valence-electron chi connectivity index (χ2n) is 5.82. The van der Waals surface area contributed by atoms with Gasteiger partial charge in [0.15, 0.2) is 0 Å². The Labute approximate surface area is 121 Å².